The number of carbonyl (C=O) groups excluding carboxylic acids is 1. The first-order valence-corrected chi connectivity index (χ1v) is 6.87. The summed E-state index contributed by atoms with van der Waals surface area (Å²) in [5.41, 5.74) is 1.08. The predicted molar refractivity (Wildman–Crippen MR) is 86.2 cm³/mol. The standard InChI is InChI=1S/C17H15N3O2/c1-19(13-8-4-3-5-9-13)16(21)14-11-12-7-6-10-18-15(12)20(2)17(14)22/h3-11H,1-2H3. The second-order valence-electron chi connectivity index (χ2n) is 5.04. The average Bonchev–Trinajstić information content (AvgIpc) is 2.57. The zero-order valence-corrected chi connectivity index (χ0v) is 12.4. The van der Waals surface area contributed by atoms with Crippen molar-refractivity contribution in [1.82, 2.24) is 9.55 Å². The Morgan fingerprint density at radius 3 is 2.59 bits per heavy atom. The summed E-state index contributed by atoms with van der Waals surface area (Å²) in [7, 11) is 3.28. The van der Waals surface area contributed by atoms with Crippen LogP contribution >= 0.6 is 0 Å². The van der Waals surface area contributed by atoms with Crippen LogP contribution in [-0.4, -0.2) is 22.5 Å². The van der Waals surface area contributed by atoms with Gasteiger partial charge in [0.25, 0.3) is 11.5 Å². The largest absolute Gasteiger partial charge is 0.311 e. The van der Waals surface area contributed by atoms with Crippen LogP contribution in [0.1, 0.15) is 10.4 Å². The Morgan fingerprint density at radius 2 is 1.86 bits per heavy atom. The van der Waals surface area contributed by atoms with Crippen LogP contribution in [0.15, 0.2) is 59.5 Å². The third-order valence-corrected chi connectivity index (χ3v) is 3.65. The fraction of sp³-hybridized carbons (Fsp3) is 0.118. The Labute approximate surface area is 127 Å². The molecule has 0 radical (unpaired) electrons. The minimum absolute atomic E-state index is 0.134. The van der Waals surface area contributed by atoms with Crippen molar-refractivity contribution in [2.24, 2.45) is 7.05 Å². The summed E-state index contributed by atoms with van der Waals surface area (Å²) in [6.07, 6.45) is 1.62. The van der Waals surface area contributed by atoms with Crippen molar-refractivity contribution in [1.29, 1.82) is 0 Å². The van der Waals surface area contributed by atoms with Crippen molar-refractivity contribution in [3.63, 3.8) is 0 Å². The number of para-hydroxylation sites is 1. The molecule has 1 aromatic carbocycles. The Hall–Kier alpha value is -2.95. The van der Waals surface area contributed by atoms with Gasteiger partial charge in [-0.1, -0.05) is 18.2 Å². The molecule has 110 valence electrons. The minimum Gasteiger partial charge on any atom is -0.311 e. The summed E-state index contributed by atoms with van der Waals surface area (Å²) in [5, 5.41) is 0.759. The Kier molecular flexibility index (Phi) is 3.47. The SMILES string of the molecule is CN(C(=O)c1cc2cccnc2n(C)c1=O)c1ccccc1. The number of pyridine rings is 2. The van der Waals surface area contributed by atoms with Crippen molar-refractivity contribution in [2.75, 3.05) is 11.9 Å². The van der Waals surface area contributed by atoms with Crippen molar-refractivity contribution >= 4 is 22.6 Å². The molecule has 0 bridgehead atoms. The molecule has 5 nitrogen and oxygen atoms in total. The fourth-order valence-electron chi connectivity index (χ4n) is 2.40. The van der Waals surface area contributed by atoms with Crippen LogP contribution < -0.4 is 10.5 Å². The van der Waals surface area contributed by atoms with Crippen LogP contribution in [0.2, 0.25) is 0 Å². The Morgan fingerprint density at radius 1 is 1.14 bits per heavy atom. The number of hydrogen-bond acceptors (Lipinski definition) is 3. The molecule has 0 aliphatic rings. The van der Waals surface area contributed by atoms with E-state index in [2.05, 4.69) is 4.98 Å². The lowest BCUT2D eigenvalue weighted by Crippen LogP contribution is -2.34. The molecule has 3 rings (SSSR count). The van der Waals surface area contributed by atoms with Crippen LogP contribution in [-0.2, 0) is 7.05 Å². The number of aryl methyl sites for hydroxylation is 1. The molecule has 5 heteroatoms. The van der Waals surface area contributed by atoms with E-state index in [-0.39, 0.29) is 17.0 Å². The predicted octanol–water partition coefficient (Wildman–Crippen LogP) is 2.21. The van der Waals surface area contributed by atoms with Gasteiger partial charge in [0.2, 0.25) is 0 Å². The van der Waals surface area contributed by atoms with Gasteiger partial charge < -0.3 is 4.90 Å². The number of hydrogen-bond donors (Lipinski definition) is 0. The number of rotatable bonds is 2. The van der Waals surface area contributed by atoms with Crippen LogP contribution in [0.5, 0.6) is 0 Å². The molecule has 0 aliphatic heterocycles. The quantitative estimate of drug-likeness (QED) is 0.728. The number of anilines is 1. The van der Waals surface area contributed by atoms with E-state index >= 15 is 0 Å². The third kappa shape index (κ3) is 2.26. The molecule has 0 saturated heterocycles. The number of nitrogens with zero attached hydrogens (tertiary/aromatic N) is 3. The first-order valence-electron chi connectivity index (χ1n) is 6.87. The highest BCUT2D eigenvalue weighted by Gasteiger charge is 2.19. The van der Waals surface area contributed by atoms with Gasteiger partial charge in [-0.3, -0.25) is 14.2 Å². The van der Waals surface area contributed by atoms with Gasteiger partial charge in [0.1, 0.15) is 11.2 Å². The van der Waals surface area contributed by atoms with Gasteiger partial charge in [0.15, 0.2) is 0 Å². The third-order valence-electron chi connectivity index (χ3n) is 3.65. The molecule has 0 unspecified atom stereocenters. The lowest BCUT2D eigenvalue weighted by atomic mass is 10.1. The van der Waals surface area contributed by atoms with Gasteiger partial charge in [-0.25, -0.2) is 4.98 Å². The lowest BCUT2D eigenvalue weighted by Gasteiger charge is -2.17. The number of fused-ring (bicyclic) bond motifs is 1. The molecular weight excluding hydrogens is 278 g/mol. The Balaban J connectivity index is 2.12. The van der Waals surface area contributed by atoms with E-state index < -0.39 is 0 Å². The number of amides is 1. The highest BCUT2D eigenvalue weighted by atomic mass is 16.2. The molecule has 0 N–H and O–H groups in total. The van der Waals surface area contributed by atoms with Crippen molar-refractivity contribution < 1.29 is 4.79 Å². The highest BCUT2D eigenvalue weighted by Crippen LogP contribution is 2.15. The summed E-state index contributed by atoms with van der Waals surface area (Å²) < 4.78 is 1.40. The molecule has 22 heavy (non-hydrogen) atoms. The van der Waals surface area contributed by atoms with Gasteiger partial charge in [-0.05, 0) is 30.3 Å². The summed E-state index contributed by atoms with van der Waals surface area (Å²) in [6.45, 7) is 0. The van der Waals surface area contributed by atoms with E-state index in [0.29, 0.717) is 5.65 Å². The zero-order chi connectivity index (χ0) is 15.7. The monoisotopic (exact) mass is 293 g/mol. The summed E-state index contributed by atoms with van der Waals surface area (Å²) >= 11 is 0. The van der Waals surface area contributed by atoms with Crippen molar-refractivity contribution in [3.8, 4) is 0 Å². The van der Waals surface area contributed by atoms with E-state index in [1.807, 2.05) is 36.4 Å². The van der Waals surface area contributed by atoms with Crippen molar-refractivity contribution in [2.45, 2.75) is 0 Å². The normalized spacial score (nSPS) is 10.6. The van der Waals surface area contributed by atoms with Crippen LogP contribution in [0.25, 0.3) is 11.0 Å². The van der Waals surface area contributed by atoms with E-state index in [1.165, 1.54) is 9.47 Å². The van der Waals surface area contributed by atoms with Gasteiger partial charge in [-0.15, -0.1) is 0 Å². The van der Waals surface area contributed by atoms with E-state index in [0.717, 1.165) is 11.1 Å². The molecule has 3 aromatic rings. The van der Waals surface area contributed by atoms with Gasteiger partial charge in [0, 0.05) is 31.4 Å². The molecule has 1 amide bonds. The number of benzene rings is 1. The van der Waals surface area contributed by atoms with Crippen LogP contribution in [0.3, 0.4) is 0 Å². The maximum Gasteiger partial charge on any atom is 0.264 e. The fourth-order valence-corrected chi connectivity index (χ4v) is 2.40. The van der Waals surface area contributed by atoms with E-state index in [4.69, 9.17) is 0 Å². The second-order valence-corrected chi connectivity index (χ2v) is 5.04. The molecule has 2 heterocycles. The molecule has 0 aliphatic carbocycles. The lowest BCUT2D eigenvalue weighted by molar-refractivity contribution is 0.0991. The number of carbonyl (C=O) groups is 1. The molecule has 2 aromatic heterocycles. The smallest absolute Gasteiger partial charge is 0.264 e. The van der Waals surface area contributed by atoms with Crippen molar-refractivity contribution in [3.05, 3.63) is 70.6 Å². The molecule has 0 atom stereocenters. The number of aromatic nitrogens is 2. The van der Waals surface area contributed by atoms with Crippen LogP contribution in [0, 0.1) is 0 Å². The minimum atomic E-state index is -0.348. The van der Waals surface area contributed by atoms with E-state index in [9.17, 15) is 9.59 Å². The maximum absolute atomic E-state index is 12.7. The Bertz CT molecular complexity index is 901. The molecular formula is C17H15N3O2. The first kappa shape index (κ1) is 14.0. The first-order chi connectivity index (χ1) is 10.6. The summed E-state index contributed by atoms with van der Waals surface area (Å²) in [4.78, 5) is 30.7. The van der Waals surface area contributed by atoms with Gasteiger partial charge in [0.05, 0.1) is 0 Å². The average molecular weight is 293 g/mol. The maximum atomic E-state index is 12.7. The molecule has 0 fully saturated rings. The molecule has 0 spiro atoms. The summed E-state index contributed by atoms with van der Waals surface area (Å²) in [5.74, 6) is -0.336. The molecule has 0 saturated carbocycles. The highest BCUT2D eigenvalue weighted by molar-refractivity contribution is 6.06. The van der Waals surface area contributed by atoms with Gasteiger partial charge in [-0.2, -0.15) is 0 Å². The zero-order valence-electron chi connectivity index (χ0n) is 12.4. The van der Waals surface area contributed by atoms with E-state index in [1.54, 1.807) is 32.4 Å². The van der Waals surface area contributed by atoms with Crippen LogP contribution in [0.4, 0.5) is 5.69 Å². The second kappa shape index (κ2) is 5.44. The van der Waals surface area contributed by atoms with Gasteiger partial charge >= 0.3 is 0 Å². The topological polar surface area (TPSA) is 55.2 Å². The summed E-state index contributed by atoms with van der Waals surface area (Å²) in [6, 6.07) is 14.4.